The highest BCUT2D eigenvalue weighted by Crippen LogP contribution is 2.08. The smallest absolute Gasteiger partial charge is 0.250 e. The van der Waals surface area contributed by atoms with Crippen LogP contribution in [0.4, 0.5) is 0 Å². The molecule has 2 aromatic rings. The zero-order chi connectivity index (χ0) is 10.8. The summed E-state index contributed by atoms with van der Waals surface area (Å²) < 4.78 is 2.70. The predicted octanol–water partition coefficient (Wildman–Crippen LogP) is 1.03. The van der Waals surface area contributed by atoms with E-state index < -0.39 is 0 Å². The number of rotatable bonds is 2. The van der Waals surface area contributed by atoms with E-state index >= 15 is 0 Å². The average molecular weight is 315 g/mol. The van der Waals surface area contributed by atoms with Crippen molar-refractivity contribution in [1.29, 1.82) is 0 Å². The fourth-order valence-corrected chi connectivity index (χ4v) is 1.59. The maximum Gasteiger partial charge on any atom is 0.250 e. The summed E-state index contributed by atoms with van der Waals surface area (Å²) in [6.45, 7) is 2.38. The molecule has 6 heteroatoms. The largest absolute Gasteiger partial charge is 0.326 e. The second kappa shape index (κ2) is 4.23. The van der Waals surface area contributed by atoms with Gasteiger partial charge in [-0.3, -0.25) is 0 Å². The molecule has 2 heterocycles. The Labute approximate surface area is 101 Å². The summed E-state index contributed by atoms with van der Waals surface area (Å²) in [5.41, 5.74) is 7.40. The van der Waals surface area contributed by atoms with Crippen LogP contribution in [0.1, 0.15) is 11.3 Å². The quantitative estimate of drug-likeness (QED) is 0.841. The molecule has 0 aliphatic rings. The molecule has 0 amide bonds. The summed E-state index contributed by atoms with van der Waals surface area (Å²) in [5.74, 6) is 0.576. The van der Waals surface area contributed by atoms with E-state index in [2.05, 4.69) is 37.7 Å². The molecule has 0 spiro atoms. The van der Waals surface area contributed by atoms with Crippen molar-refractivity contribution in [3.63, 3.8) is 0 Å². The van der Waals surface area contributed by atoms with Crippen LogP contribution in [0, 0.1) is 10.5 Å². The molecule has 0 aliphatic carbocycles. The number of aromatic nitrogens is 4. The van der Waals surface area contributed by atoms with Gasteiger partial charge in [0.1, 0.15) is 0 Å². The highest BCUT2D eigenvalue weighted by atomic mass is 127. The SMILES string of the molecule is Cc1nc(-n2cc(I)cn2)ncc1CN. The highest BCUT2D eigenvalue weighted by molar-refractivity contribution is 14.1. The Morgan fingerprint density at radius 1 is 1.47 bits per heavy atom. The van der Waals surface area contributed by atoms with Crippen LogP contribution in [-0.4, -0.2) is 19.7 Å². The number of aryl methyl sites for hydroxylation is 1. The fourth-order valence-electron chi connectivity index (χ4n) is 1.20. The Morgan fingerprint density at radius 2 is 2.27 bits per heavy atom. The fraction of sp³-hybridized carbons (Fsp3) is 0.222. The normalized spacial score (nSPS) is 10.6. The first kappa shape index (κ1) is 10.5. The van der Waals surface area contributed by atoms with Crippen LogP contribution in [0.25, 0.3) is 5.95 Å². The zero-order valence-electron chi connectivity index (χ0n) is 8.18. The third-order valence-electron chi connectivity index (χ3n) is 2.04. The van der Waals surface area contributed by atoms with Gasteiger partial charge in [-0.1, -0.05) is 0 Å². The van der Waals surface area contributed by atoms with Gasteiger partial charge >= 0.3 is 0 Å². The molecule has 78 valence electrons. The molecule has 0 fully saturated rings. The Balaban J connectivity index is 2.42. The lowest BCUT2D eigenvalue weighted by atomic mass is 10.2. The topological polar surface area (TPSA) is 69.6 Å². The molecule has 2 N–H and O–H groups in total. The van der Waals surface area contributed by atoms with Gasteiger partial charge in [0.05, 0.1) is 9.77 Å². The summed E-state index contributed by atoms with van der Waals surface area (Å²) in [7, 11) is 0. The van der Waals surface area contributed by atoms with Crippen molar-refractivity contribution in [1.82, 2.24) is 19.7 Å². The van der Waals surface area contributed by atoms with Gasteiger partial charge in [-0.15, -0.1) is 0 Å². The molecule has 0 aliphatic heterocycles. The van der Waals surface area contributed by atoms with E-state index in [1.807, 2.05) is 13.1 Å². The van der Waals surface area contributed by atoms with E-state index in [0.29, 0.717) is 12.5 Å². The van der Waals surface area contributed by atoms with E-state index in [4.69, 9.17) is 5.73 Å². The number of nitrogens with two attached hydrogens (primary N) is 1. The van der Waals surface area contributed by atoms with Gasteiger partial charge in [0.15, 0.2) is 0 Å². The van der Waals surface area contributed by atoms with Gasteiger partial charge < -0.3 is 5.73 Å². The molecular weight excluding hydrogens is 305 g/mol. The summed E-state index contributed by atoms with van der Waals surface area (Å²) in [4.78, 5) is 8.53. The van der Waals surface area contributed by atoms with E-state index in [1.54, 1.807) is 17.1 Å². The molecule has 0 radical (unpaired) electrons. The van der Waals surface area contributed by atoms with Crippen LogP contribution in [0.3, 0.4) is 0 Å². The van der Waals surface area contributed by atoms with Crippen LogP contribution < -0.4 is 5.73 Å². The van der Waals surface area contributed by atoms with E-state index in [-0.39, 0.29) is 0 Å². The Bertz CT molecular complexity index is 479. The van der Waals surface area contributed by atoms with Crippen LogP contribution in [0.15, 0.2) is 18.6 Å². The lowest BCUT2D eigenvalue weighted by molar-refractivity contribution is 0.791. The summed E-state index contributed by atoms with van der Waals surface area (Å²) >= 11 is 2.19. The molecule has 15 heavy (non-hydrogen) atoms. The first-order chi connectivity index (χ1) is 7.20. The van der Waals surface area contributed by atoms with Crippen LogP contribution >= 0.6 is 22.6 Å². The third-order valence-corrected chi connectivity index (χ3v) is 2.60. The molecular formula is C9H10IN5. The van der Waals surface area contributed by atoms with Crippen molar-refractivity contribution in [2.24, 2.45) is 5.73 Å². The van der Waals surface area contributed by atoms with Gasteiger partial charge in [-0.25, -0.2) is 14.6 Å². The summed E-state index contributed by atoms with van der Waals surface area (Å²) in [6.07, 6.45) is 5.37. The van der Waals surface area contributed by atoms with E-state index in [1.165, 1.54) is 0 Å². The molecule has 0 bridgehead atoms. The number of hydrogen-bond donors (Lipinski definition) is 1. The third kappa shape index (κ3) is 2.15. The van der Waals surface area contributed by atoms with E-state index in [9.17, 15) is 0 Å². The molecule has 0 unspecified atom stereocenters. The molecule has 2 aromatic heterocycles. The average Bonchev–Trinajstić information content (AvgIpc) is 2.65. The van der Waals surface area contributed by atoms with Crippen molar-refractivity contribution in [2.75, 3.05) is 0 Å². The van der Waals surface area contributed by atoms with Crippen molar-refractivity contribution < 1.29 is 0 Å². The second-order valence-electron chi connectivity index (χ2n) is 3.09. The molecule has 2 rings (SSSR count). The minimum atomic E-state index is 0.461. The minimum Gasteiger partial charge on any atom is -0.326 e. The second-order valence-corrected chi connectivity index (χ2v) is 4.33. The Morgan fingerprint density at radius 3 is 2.80 bits per heavy atom. The zero-order valence-corrected chi connectivity index (χ0v) is 10.3. The Hall–Kier alpha value is -1.02. The van der Waals surface area contributed by atoms with Crippen molar-refractivity contribution >= 4 is 22.6 Å². The van der Waals surface area contributed by atoms with Gasteiger partial charge in [-0.2, -0.15) is 5.10 Å². The maximum absolute atomic E-state index is 5.54. The van der Waals surface area contributed by atoms with Crippen molar-refractivity contribution in [3.8, 4) is 5.95 Å². The molecule has 0 atom stereocenters. The van der Waals surface area contributed by atoms with Crippen LogP contribution in [0.2, 0.25) is 0 Å². The highest BCUT2D eigenvalue weighted by Gasteiger charge is 2.04. The predicted molar refractivity (Wildman–Crippen MR) is 64.5 cm³/mol. The standard InChI is InChI=1S/C9H10IN5/c1-6-7(2-11)3-12-9(14-6)15-5-8(10)4-13-15/h3-5H,2,11H2,1H3. The first-order valence-electron chi connectivity index (χ1n) is 4.44. The monoisotopic (exact) mass is 315 g/mol. The minimum absolute atomic E-state index is 0.461. The van der Waals surface area contributed by atoms with Gasteiger partial charge in [-0.05, 0) is 29.5 Å². The first-order valence-corrected chi connectivity index (χ1v) is 5.51. The van der Waals surface area contributed by atoms with Gasteiger partial charge in [0.2, 0.25) is 0 Å². The summed E-state index contributed by atoms with van der Waals surface area (Å²) in [5, 5.41) is 4.14. The maximum atomic E-state index is 5.54. The molecule has 0 aromatic carbocycles. The number of halogens is 1. The lowest BCUT2D eigenvalue weighted by Gasteiger charge is -2.03. The number of nitrogens with zero attached hydrogens (tertiary/aromatic N) is 4. The van der Waals surface area contributed by atoms with Crippen molar-refractivity contribution in [3.05, 3.63) is 33.4 Å². The van der Waals surface area contributed by atoms with Crippen molar-refractivity contribution in [2.45, 2.75) is 13.5 Å². The molecule has 0 saturated heterocycles. The van der Waals surface area contributed by atoms with Crippen LogP contribution in [0.5, 0.6) is 0 Å². The van der Waals surface area contributed by atoms with Gasteiger partial charge in [0.25, 0.3) is 5.95 Å². The molecule has 5 nitrogen and oxygen atoms in total. The number of hydrogen-bond acceptors (Lipinski definition) is 4. The van der Waals surface area contributed by atoms with Gasteiger partial charge in [0, 0.05) is 30.2 Å². The Kier molecular flexibility index (Phi) is 2.96. The summed E-state index contributed by atoms with van der Waals surface area (Å²) in [6, 6.07) is 0. The van der Waals surface area contributed by atoms with Crippen LogP contribution in [-0.2, 0) is 6.54 Å². The van der Waals surface area contributed by atoms with E-state index in [0.717, 1.165) is 14.8 Å². The lowest BCUT2D eigenvalue weighted by Crippen LogP contribution is -2.07. The molecule has 0 saturated carbocycles.